The van der Waals surface area contributed by atoms with Gasteiger partial charge in [0.25, 0.3) is 5.78 Å². The molecule has 0 saturated heterocycles. The Morgan fingerprint density at radius 2 is 1.89 bits per heavy atom. The van der Waals surface area contributed by atoms with Gasteiger partial charge in [0.05, 0.1) is 0 Å². The van der Waals surface area contributed by atoms with Gasteiger partial charge in [-0.25, -0.2) is 9.37 Å². The molecule has 0 radical (unpaired) electrons. The highest BCUT2D eigenvalue weighted by Crippen LogP contribution is 2.33. The number of aromatic amines is 1. The number of imidazole rings is 1. The number of fused-ring (bicyclic) bond motifs is 3. The van der Waals surface area contributed by atoms with E-state index < -0.39 is 17.4 Å². The third kappa shape index (κ3) is 1.62. The van der Waals surface area contributed by atoms with Gasteiger partial charge in [-0.3, -0.25) is 9.59 Å². The van der Waals surface area contributed by atoms with E-state index in [4.69, 9.17) is 0 Å². The third-order valence-electron chi connectivity index (χ3n) is 3.18. The number of hydrogen-bond donors (Lipinski definition) is 1. The zero-order valence-corrected chi connectivity index (χ0v) is 10.5. The van der Waals surface area contributed by atoms with E-state index in [1.807, 2.05) is 13.8 Å². The van der Waals surface area contributed by atoms with E-state index in [-0.39, 0.29) is 17.2 Å². The van der Waals surface area contributed by atoms with Crippen molar-refractivity contribution in [2.75, 3.05) is 0 Å². The van der Waals surface area contributed by atoms with Crippen molar-refractivity contribution in [3.8, 4) is 11.3 Å². The minimum absolute atomic E-state index is 0.0827. The van der Waals surface area contributed by atoms with Crippen molar-refractivity contribution in [1.82, 2.24) is 9.97 Å². The summed E-state index contributed by atoms with van der Waals surface area (Å²) in [5.41, 5.74) is 1.22. The van der Waals surface area contributed by atoms with Crippen LogP contribution in [0.1, 0.15) is 46.4 Å². The predicted octanol–water partition coefficient (Wildman–Crippen LogP) is 2.72. The number of hydrogen-bond acceptors (Lipinski definition) is 3. The van der Waals surface area contributed by atoms with E-state index >= 15 is 0 Å². The number of carbonyl (C=O) groups excluding carboxylic acids is 2. The Morgan fingerprint density at radius 3 is 2.58 bits per heavy atom. The van der Waals surface area contributed by atoms with Gasteiger partial charge in [-0.2, -0.15) is 0 Å². The maximum Gasteiger partial charge on any atom is 0.251 e. The zero-order chi connectivity index (χ0) is 13.7. The number of rotatable bonds is 1. The minimum atomic E-state index is -0.694. The van der Waals surface area contributed by atoms with E-state index in [1.165, 1.54) is 12.1 Å². The van der Waals surface area contributed by atoms with Crippen molar-refractivity contribution in [3.05, 3.63) is 41.1 Å². The van der Waals surface area contributed by atoms with Crippen molar-refractivity contribution in [1.29, 1.82) is 0 Å². The molecule has 5 heteroatoms. The molecule has 0 amide bonds. The molecule has 1 heterocycles. The van der Waals surface area contributed by atoms with Gasteiger partial charge in [-0.05, 0) is 18.2 Å². The van der Waals surface area contributed by atoms with Gasteiger partial charge in [-0.15, -0.1) is 0 Å². The number of H-pyrrole nitrogens is 1. The monoisotopic (exact) mass is 258 g/mol. The smallest absolute Gasteiger partial charge is 0.251 e. The molecule has 0 atom stereocenters. The molecule has 2 aromatic rings. The van der Waals surface area contributed by atoms with Crippen LogP contribution in [0.2, 0.25) is 0 Å². The van der Waals surface area contributed by atoms with Crippen molar-refractivity contribution >= 4 is 11.6 Å². The Labute approximate surface area is 108 Å². The molecular formula is C14H11FN2O2. The van der Waals surface area contributed by atoms with Crippen molar-refractivity contribution < 1.29 is 14.0 Å². The van der Waals surface area contributed by atoms with Gasteiger partial charge in [0, 0.05) is 17.0 Å². The first-order valence-electron chi connectivity index (χ1n) is 5.98. The van der Waals surface area contributed by atoms with Crippen LogP contribution < -0.4 is 0 Å². The minimum Gasteiger partial charge on any atom is -0.338 e. The molecule has 1 aromatic heterocycles. The lowest BCUT2D eigenvalue weighted by molar-refractivity contribution is 0.0812. The molecular weight excluding hydrogens is 247 g/mol. The number of ketones is 2. The van der Waals surface area contributed by atoms with Gasteiger partial charge in [-0.1, -0.05) is 13.8 Å². The maximum absolute atomic E-state index is 13.2. The number of aromatic nitrogens is 2. The Bertz CT molecular complexity index is 716. The van der Waals surface area contributed by atoms with Crippen LogP contribution in [0.3, 0.4) is 0 Å². The van der Waals surface area contributed by atoms with Crippen LogP contribution in [0.15, 0.2) is 18.2 Å². The molecule has 3 rings (SSSR count). The normalized spacial score (nSPS) is 13.7. The molecule has 0 saturated carbocycles. The summed E-state index contributed by atoms with van der Waals surface area (Å²) in [4.78, 5) is 31.2. The summed E-state index contributed by atoms with van der Waals surface area (Å²) in [6.07, 6.45) is 0. The summed E-state index contributed by atoms with van der Waals surface area (Å²) < 4.78 is 13.2. The van der Waals surface area contributed by atoms with Crippen molar-refractivity contribution in [2.24, 2.45) is 0 Å². The van der Waals surface area contributed by atoms with Gasteiger partial charge in [0.1, 0.15) is 23.0 Å². The second-order valence-corrected chi connectivity index (χ2v) is 4.85. The Balaban J connectivity index is 2.30. The molecule has 1 N–H and O–H groups in total. The van der Waals surface area contributed by atoms with Crippen LogP contribution in [-0.2, 0) is 0 Å². The second-order valence-electron chi connectivity index (χ2n) is 4.85. The summed E-state index contributed by atoms with van der Waals surface area (Å²) in [5, 5.41) is 0. The Kier molecular flexibility index (Phi) is 2.38. The average Bonchev–Trinajstić information content (AvgIpc) is 2.81. The van der Waals surface area contributed by atoms with E-state index in [0.717, 1.165) is 6.07 Å². The Morgan fingerprint density at radius 1 is 1.16 bits per heavy atom. The highest BCUT2D eigenvalue weighted by atomic mass is 19.1. The van der Waals surface area contributed by atoms with E-state index in [1.54, 1.807) is 0 Å². The average molecular weight is 258 g/mol. The summed E-state index contributed by atoms with van der Waals surface area (Å²) in [6.45, 7) is 3.87. The fourth-order valence-electron chi connectivity index (χ4n) is 2.17. The number of benzene rings is 1. The highest BCUT2D eigenvalue weighted by Gasteiger charge is 2.34. The molecule has 1 aromatic carbocycles. The molecule has 4 nitrogen and oxygen atoms in total. The molecule has 0 fully saturated rings. The highest BCUT2D eigenvalue weighted by molar-refractivity contribution is 6.52. The van der Waals surface area contributed by atoms with Crippen LogP contribution >= 0.6 is 0 Å². The number of carbonyl (C=O) groups is 2. The van der Waals surface area contributed by atoms with E-state index in [9.17, 15) is 14.0 Å². The molecule has 0 aliphatic heterocycles. The number of nitrogens with zero attached hydrogens (tertiary/aromatic N) is 1. The van der Waals surface area contributed by atoms with Crippen LogP contribution in [0.5, 0.6) is 0 Å². The second kappa shape index (κ2) is 3.85. The largest absolute Gasteiger partial charge is 0.338 e. The first-order chi connectivity index (χ1) is 8.99. The van der Waals surface area contributed by atoms with Gasteiger partial charge >= 0.3 is 0 Å². The molecule has 1 aliphatic rings. The number of Topliss-reactive ketones (excluding diaryl/α,β-unsaturated/α-hetero) is 2. The molecule has 0 spiro atoms. The van der Waals surface area contributed by atoms with Gasteiger partial charge < -0.3 is 4.98 Å². The number of halogens is 1. The van der Waals surface area contributed by atoms with Crippen molar-refractivity contribution in [3.63, 3.8) is 0 Å². The maximum atomic E-state index is 13.2. The molecule has 0 bridgehead atoms. The molecule has 0 unspecified atom stereocenters. The summed E-state index contributed by atoms with van der Waals surface area (Å²) in [7, 11) is 0. The van der Waals surface area contributed by atoms with Crippen LogP contribution in [0.4, 0.5) is 4.39 Å². The van der Waals surface area contributed by atoms with Gasteiger partial charge in [0.2, 0.25) is 5.78 Å². The summed E-state index contributed by atoms with van der Waals surface area (Å²) in [6, 6.07) is 3.83. The quantitative estimate of drug-likeness (QED) is 0.800. The summed E-state index contributed by atoms with van der Waals surface area (Å²) >= 11 is 0. The lowest BCUT2D eigenvalue weighted by Gasteiger charge is -2.12. The number of nitrogens with one attached hydrogen (secondary N) is 1. The molecule has 96 valence electrons. The van der Waals surface area contributed by atoms with E-state index in [2.05, 4.69) is 9.97 Å². The third-order valence-corrected chi connectivity index (χ3v) is 3.18. The standard InChI is InChI=1S/C14H11FN2O2/c1-6(2)14-16-10-8-4-3-7(15)5-9(8)12(18)13(19)11(10)17-14/h3-6H,1-2H3,(H,16,17). The first-order valence-corrected chi connectivity index (χ1v) is 5.98. The summed E-state index contributed by atoms with van der Waals surface area (Å²) in [5.74, 6) is -1.14. The SMILES string of the molecule is CC(C)c1nc2c([nH]1)C(=O)C(=O)c1cc(F)ccc1-2. The molecule has 1 aliphatic carbocycles. The fraction of sp³-hybridized carbons (Fsp3) is 0.214. The topological polar surface area (TPSA) is 62.8 Å². The zero-order valence-electron chi connectivity index (χ0n) is 10.5. The van der Waals surface area contributed by atoms with Crippen LogP contribution in [0, 0.1) is 5.82 Å². The Hall–Kier alpha value is -2.30. The van der Waals surface area contributed by atoms with Crippen molar-refractivity contribution in [2.45, 2.75) is 19.8 Å². The lowest BCUT2D eigenvalue weighted by atomic mass is 9.90. The molecule has 19 heavy (non-hydrogen) atoms. The predicted molar refractivity (Wildman–Crippen MR) is 66.7 cm³/mol. The fourth-order valence-corrected chi connectivity index (χ4v) is 2.17. The van der Waals surface area contributed by atoms with Crippen LogP contribution in [0.25, 0.3) is 11.3 Å². The van der Waals surface area contributed by atoms with E-state index in [0.29, 0.717) is 17.1 Å². The van der Waals surface area contributed by atoms with Crippen LogP contribution in [-0.4, -0.2) is 21.5 Å². The van der Waals surface area contributed by atoms with Gasteiger partial charge in [0.15, 0.2) is 0 Å². The first kappa shape index (κ1) is 11.8. The lowest BCUT2D eigenvalue weighted by Crippen LogP contribution is -2.21.